The third-order valence-electron chi connectivity index (χ3n) is 5.26. The van der Waals surface area contributed by atoms with Gasteiger partial charge in [-0.1, -0.05) is 0 Å². The van der Waals surface area contributed by atoms with Crippen molar-refractivity contribution < 1.29 is 13.2 Å². The number of ether oxygens (including phenoxy) is 1. The van der Waals surface area contributed by atoms with E-state index in [0.717, 1.165) is 28.5 Å². The van der Waals surface area contributed by atoms with E-state index in [4.69, 9.17) is 4.74 Å². The molecule has 1 aliphatic rings. The van der Waals surface area contributed by atoms with Gasteiger partial charge in [-0.25, -0.2) is 13.4 Å². The largest absolute Gasteiger partial charge is 0.491 e. The van der Waals surface area contributed by atoms with Gasteiger partial charge in [-0.15, -0.1) is 0 Å². The van der Waals surface area contributed by atoms with Gasteiger partial charge >= 0.3 is 0 Å². The summed E-state index contributed by atoms with van der Waals surface area (Å²) >= 11 is 3.39. The van der Waals surface area contributed by atoms with Crippen molar-refractivity contribution in [2.24, 2.45) is 0 Å². The molecule has 0 amide bonds. The van der Waals surface area contributed by atoms with Crippen LogP contribution in [0.2, 0.25) is 0 Å². The van der Waals surface area contributed by atoms with Gasteiger partial charge in [0.25, 0.3) is 0 Å². The van der Waals surface area contributed by atoms with Crippen molar-refractivity contribution in [3.05, 3.63) is 52.8 Å². The van der Waals surface area contributed by atoms with Crippen LogP contribution in [-0.2, 0) is 10.0 Å². The van der Waals surface area contributed by atoms with Crippen molar-refractivity contribution in [2.75, 3.05) is 13.1 Å². The van der Waals surface area contributed by atoms with Crippen LogP contribution in [0.4, 0.5) is 0 Å². The quantitative estimate of drug-likeness (QED) is 0.541. The van der Waals surface area contributed by atoms with Crippen molar-refractivity contribution in [2.45, 2.75) is 43.6 Å². The Hall–Kier alpha value is -1.90. The van der Waals surface area contributed by atoms with Gasteiger partial charge in [-0.3, -0.25) is 0 Å². The smallest absolute Gasteiger partial charge is 0.243 e. The molecule has 4 rings (SSSR count). The first-order valence-corrected chi connectivity index (χ1v) is 12.0. The lowest BCUT2D eigenvalue weighted by Crippen LogP contribution is -2.37. The first-order chi connectivity index (χ1) is 13.8. The molecule has 1 aliphatic heterocycles. The van der Waals surface area contributed by atoms with Crippen LogP contribution in [0.5, 0.6) is 5.75 Å². The third-order valence-corrected chi connectivity index (χ3v) is 7.62. The number of nitrogens with zero attached hydrogens (tertiary/aromatic N) is 2. The Morgan fingerprint density at radius 1 is 1.14 bits per heavy atom. The average molecular weight is 478 g/mol. The highest BCUT2D eigenvalue weighted by atomic mass is 79.9. The number of hydrogen-bond donors (Lipinski definition) is 1. The minimum absolute atomic E-state index is 0.0531. The SMILES string of the molecule is CC(C)Oc1ccc(S(=O)(=O)N2CCC(c3c[nH]c4nc(Br)ccc34)CC2)cc1. The second kappa shape index (κ2) is 8.08. The van der Waals surface area contributed by atoms with Crippen molar-refractivity contribution in [3.63, 3.8) is 0 Å². The van der Waals surface area contributed by atoms with E-state index in [2.05, 4.69) is 32.0 Å². The van der Waals surface area contributed by atoms with Crippen molar-refractivity contribution in [1.29, 1.82) is 0 Å². The zero-order chi connectivity index (χ0) is 20.6. The molecule has 1 aromatic carbocycles. The van der Waals surface area contributed by atoms with Crippen LogP contribution >= 0.6 is 15.9 Å². The van der Waals surface area contributed by atoms with Gasteiger partial charge in [0, 0.05) is 24.7 Å². The number of aromatic nitrogens is 2. The summed E-state index contributed by atoms with van der Waals surface area (Å²) < 4.78 is 34.0. The number of aromatic amines is 1. The van der Waals surface area contributed by atoms with Crippen LogP contribution in [0.1, 0.15) is 38.2 Å². The standard InChI is InChI=1S/C21H24BrN3O3S/c1-14(2)28-16-3-5-17(6-4-16)29(26,27)25-11-9-15(10-12-25)19-13-23-21-18(19)7-8-20(22)24-21/h3-8,13-15H,9-12H2,1-2H3,(H,23,24). The number of rotatable bonds is 5. The molecular weight excluding hydrogens is 454 g/mol. The van der Waals surface area contributed by atoms with Crippen molar-refractivity contribution in [1.82, 2.24) is 14.3 Å². The summed E-state index contributed by atoms with van der Waals surface area (Å²) in [4.78, 5) is 8.00. The lowest BCUT2D eigenvalue weighted by atomic mass is 9.90. The highest BCUT2D eigenvalue weighted by Crippen LogP contribution is 2.35. The number of H-pyrrole nitrogens is 1. The van der Waals surface area contributed by atoms with Gasteiger partial charge in [0.1, 0.15) is 16.0 Å². The number of halogens is 1. The zero-order valence-corrected chi connectivity index (χ0v) is 18.8. The Bertz CT molecular complexity index is 1100. The number of hydrogen-bond acceptors (Lipinski definition) is 4. The summed E-state index contributed by atoms with van der Waals surface area (Å²) in [6.07, 6.45) is 3.64. The third kappa shape index (κ3) is 4.20. The molecule has 0 spiro atoms. The molecule has 1 N–H and O–H groups in total. The first kappa shape index (κ1) is 20.4. The lowest BCUT2D eigenvalue weighted by molar-refractivity contribution is 0.242. The second-order valence-electron chi connectivity index (χ2n) is 7.59. The molecule has 3 heterocycles. The molecule has 1 saturated heterocycles. The van der Waals surface area contributed by atoms with Gasteiger partial charge in [-0.2, -0.15) is 4.31 Å². The van der Waals surface area contributed by atoms with Gasteiger partial charge < -0.3 is 9.72 Å². The molecule has 154 valence electrons. The molecule has 2 aromatic heterocycles. The fourth-order valence-corrected chi connectivity index (χ4v) is 5.64. The van der Waals surface area contributed by atoms with E-state index in [0.29, 0.717) is 29.7 Å². The molecule has 8 heteroatoms. The summed E-state index contributed by atoms with van der Waals surface area (Å²) in [5, 5.41) is 1.11. The van der Waals surface area contributed by atoms with E-state index in [1.165, 1.54) is 5.56 Å². The molecule has 0 radical (unpaired) electrons. The van der Waals surface area contributed by atoms with E-state index in [-0.39, 0.29) is 6.10 Å². The molecule has 0 bridgehead atoms. The topological polar surface area (TPSA) is 75.3 Å². The number of sulfonamides is 1. The number of pyridine rings is 1. The minimum Gasteiger partial charge on any atom is -0.491 e. The molecule has 0 atom stereocenters. The molecule has 0 unspecified atom stereocenters. The lowest BCUT2D eigenvalue weighted by Gasteiger charge is -2.31. The fourth-order valence-electron chi connectivity index (χ4n) is 3.86. The Morgan fingerprint density at radius 2 is 1.83 bits per heavy atom. The maximum Gasteiger partial charge on any atom is 0.243 e. The zero-order valence-electron chi connectivity index (χ0n) is 16.4. The van der Waals surface area contributed by atoms with Gasteiger partial charge in [0.05, 0.1) is 11.0 Å². The summed E-state index contributed by atoms with van der Waals surface area (Å²) in [6.45, 7) is 4.90. The highest BCUT2D eigenvalue weighted by molar-refractivity contribution is 9.10. The highest BCUT2D eigenvalue weighted by Gasteiger charge is 2.31. The van der Waals surface area contributed by atoms with Crippen LogP contribution in [0.3, 0.4) is 0 Å². The molecule has 0 aliphatic carbocycles. The molecular formula is C21H24BrN3O3S. The first-order valence-electron chi connectivity index (χ1n) is 9.75. The molecule has 6 nitrogen and oxygen atoms in total. The Balaban J connectivity index is 1.47. The predicted molar refractivity (Wildman–Crippen MR) is 117 cm³/mol. The van der Waals surface area contributed by atoms with E-state index < -0.39 is 10.0 Å². The summed E-state index contributed by atoms with van der Waals surface area (Å²) in [5.41, 5.74) is 2.07. The molecule has 1 fully saturated rings. The maximum absolute atomic E-state index is 13.0. The number of benzene rings is 1. The van der Waals surface area contributed by atoms with Crippen molar-refractivity contribution >= 4 is 37.0 Å². The van der Waals surface area contributed by atoms with Crippen LogP contribution in [-0.4, -0.2) is 41.9 Å². The minimum atomic E-state index is -3.50. The normalized spacial score (nSPS) is 16.6. The molecule has 29 heavy (non-hydrogen) atoms. The van der Waals surface area contributed by atoms with Crippen LogP contribution < -0.4 is 4.74 Å². The van der Waals surface area contributed by atoms with E-state index in [9.17, 15) is 8.42 Å². The number of piperidine rings is 1. The molecule has 0 saturated carbocycles. The van der Waals surface area contributed by atoms with Gasteiger partial charge in [-0.05, 0) is 90.5 Å². The van der Waals surface area contributed by atoms with Crippen molar-refractivity contribution in [3.8, 4) is 5.75 Å². The van der Waals surface area contributed by atoms with E-state index in [1.54, 1.807) is 28.6 Å². The van der Waals surface area contributed by atoms with Crippen LogP contribution in [0, 0.1) is 0 Å². The van der Waals surface area contributed by atoms with E-state index in [1.807, 2.05) is 26.1 Å². The van der Waals surface area contributed by atoms with E-state index >= 15 is 0 Å². The summed E-state index contributed by atoms with van der Waals surface area (Å²) in [7, 11) is -3.50. The summed E-state index contributed by atoms with van der Waals surface area (Å²) in [5.74, 6) is 0.997. The number of nitrogens with one attached hydrogen (secondary N) is 1. The van der Waals surface area contributed by atoms with Gasteiger partial charge in [0.2, 0.25) is 10.0 Å². The second-order valence-corrected chi connectivity index (χ2v) is 10.3. The Morgan fingerprint density at radius 3 is 2.48 bits per heavy atom. The Labute approximate surface area is 179 Å². The monoisotopic (exact) mass is 477 g/mol. The molecule has 3 aromatic rings. The van der Waals surface area contributed by atoms with Gasteiger partial charge in [0.15, 0.2) is 0 Å². The maximum atomic E-state index is 13.0. The summed E-state index contributed by atoms with van der Waals surface area (Å²) in [6, 6.07) is 10.7. The number of fused-ring (bicyclic) bond motifs is 1. The Kier molecular flexibility index (Phi) is 5.68. The fraction of sp³-hybridized carbons (Fsp3) is 0.381. The van der Waals surface area contributed by atoms with Crippen LogP contribution in [0.25, 0.3) is 11.0 Å². The predicted octanol–water partition coefficient (Wildman–Crippen LogP) is 4.68. The van der Waals surface area contributed by atoms with Crippen LogP contribution in [0.15, 0.2) is 52.1 Å². The average Bonchev–Trinajstić information content (AvgIpc) is 3.11.